The second-order valence-corrected chi connectivity index (χ2v) is 7.62. The quantitative estimate of drug-likeness (QED) is 0.724. The molecule has 1 heterocycles. The summed E-state index contributed by atoms with van der Waals surface area (Å²) in [5, 5.41) is 0. The summed E-state index contributed by atoms with van der Waals surface area (Å²) in [7, 11) is 0. The van der Waals surface area contributed by atoms with Crippen LogP contribution in [-0.4, -0.2) is 41.8 Å². The van der Waals surface area contributed by atoms with Crippen LogP contribution in [0.25, 0.3) is 0 Å². The van der Waals surface area contributed by atoms with E-state index in [1.54, 1.807) is 0 Å². The van der Waals surface area contributed by atoms with Crippen molar-refractivity contribution in [1.82, 2.24) is 4.90 Å². The van der Waals surface area contributed by atoms with Gasteiger partial charge in [0.1, 0.15) is 5.60 Å². The van der Waals surface area contributed by atoms with E-state index in [2.05, 4.69) is 0 Å². The summed E-state index contributed by atoms with van der Waals surface area (Å²) in [5.74, 6) is -0.207. The lowest BCUT2D eigenvalue weighted by atomic mass is 9.83. The summed E-state index contributed by atoms with van der Waals surface area (Å²) in [6.07, 6.45) is 6.39. The van der Waals surface area contributed by atoms with Crippen molar-refractivity contribution in [3.8, 4) is 0 Å². The molecule has 1 saturated heterocycles. The molecule has 0 aromatic carbocycles. The van der Waals surface area contributed by atoms with Gasteiger partial charge in [0.25, 0.3) is 0 Å². The van der Waals surface area contributed by atoms with Gasteiger partial charge in [0.2, 0.25) is 0 Å². The van der Waals surface area contributed by atoms with Crippen LogP contribution in [0, 0.1) is 0 Å². The van der Waals surface area contributed by atoms with Gasteiger partial charge in [-0.25, -0.2) is 9.59 Å². The average Bonchev–Trinajstić information content (AvgIpc) is 2.53. The number of hydrogen-bond acceptors (Lipinski definition) is 4. The average molecular weight is 337 g/mol. The monoisotopic (exact) mass is 337 g/mol. The standard InChI is InChI=1S/C19H31NO4/c1-5-23-17(21)15-11-7-6-10-14(15)16-12-8-9-13-20(16)18(22)24-19(2,3)4/h16H,5-13H2,1-4H3. The van der Waals surface area contributed by atoms with E-state index in [0.717, 1.165) is 56.1 Å². The third-order valence-electron chi connectivity index (χ3n) is 4.57. The molecule has 0 aromatic rings. The number of rotatable bonds is 3. The van der Waals surface area contributed by atoms with Crippen LogP contribution in [0.2, 0.25) is 0 Å². The molecule has 1 aliphatic carbocycles. The lowest BCUT2D eigenvalue weighted by Gasteiger charge is -2.39. The Morgan fingerprint density at radius 2 is 1.83 bits per heavy atom. The molecule has 2 rings (SSSR count). The summed E-state index contributed by atoms with van der Waals surface area (Å²) in [5.41, 5.74) is 1.39. The summed E-state index contributed by atoms with van der Waals surface area (Å²) in [4.78, 5) is 26.8. The predicted molar refractivity (Wildman–Crippen MR) is 92.7 cm³/mol. The molecule has 1 fully saturated rings. The van der Waals surface area contributed by atoms with Gasteiger partial charge in [-0.2, -0.15) is 0 Å². The molecule has 0 saturated carbocycles. The maximum absolute atomic E-state index is 12.6. The van der Waals surface area contributed by atoms with Crippen LogP contribution in [-0.2, 0) is 14.3 Å². The Morgan fingerprint density at radius 3 is 2.50 bits per heavy atom. The second kappa shape index (κ2) is 8.04. The molecule has 0 bridgehead atoms. The van der Waals surface area contributed by atoms with Gasteiger partial charge in [0, 0.05) is 12.1 Å². The van der Waals surface area contributed by atoms with Crippen LogP contribution in [0.5, 0.6) is 0 Å². The molecule has 1 aliphatic heterocycles. The third kappa shape index (κ3) is 4.74. The SMILES string of the molecule is CCOC(=O)C1=C(C2CCCCN2C(=O)OC(C)(C)C)CCCC1. The van der Waals surface area contributed by atoms with E-state index in [1.165, 1.54) is 0 Å². The van der Waals surface area contributed by atoms with Crippen molar-refractivity contribution in [2.24, 2.45) is 0 Å². The summed E-state index contributed by atoms with van der Waals surface area (Å²) in [6.45, 7) is 8.55. The Bertz CT molecular complexity index is 504. The summed E-state index contributed by atoms with van der Waals surface area (Å²) in [6, 6.07) is -0.0201. The van der Waals surface area contributed by atoms with Gasteiger partial charge in [-0.05, 0) is 78.2 Å². The Morgan fingerprint density at radius 1 is 1.12 bits per heavy atom. The van der Waals surface area contributed by atoms with Crippen LogP contribution >= 0.6 is 0 Å². The fourth-order valence-corrected chi connectivity index (χ4v) is 3.58. The highest BCUT2D eigenvalue weighted by Crippen LogP contribution is 2.34. The second-order valence-electron chi connectivity index (χ2n) is 7.62. The van der Waals surface area contributed by atoms with Crippen molar-refractivity contribution in [2.45, 2.75) is 84.3 Å². The Hall–Kier alpha value is -1.52. The molecule has 24 heavy (non-hydrogen) atoms. The van der Waals surface area contributed by atoms with Crippen molar-refractivity contribution in [3.05, 3.63) is 11.1 Å². The van der Waals surface area contributed by atoms with E-state index in [1.807, 2.05) is 32.6 Å². The fourth-order valence-electron chi connectivity index (χ4n) is 3.58. The van der Waals surface area contributed by atoms with Crippen molar-refractivity contribution in [3.63, 3.8) is 0 Å². The van der Waals surface area contributed by atoms with Gasteiger partial charge >= 0.3 is 12.1 Å². The topological polar surface area (TPSA) is 55.8 Å². The Kier molecular flexibility index (Phi) is 6.30. The number of nitrogens with zero attached hydrogens (tertiary/aromatic N) is 1. The van der Waals surface area contributed by atoms with Crippen LogP contribution in [0.15, 0.2) is 11.1 Å². The number of amides is 1. The molecule has 1 atom stereocenters. The molecule has 1 amide bonds. The van der Waals surface area contributed by atoms with Gasteiger partial charge in [0.05, 0.1) is 12.6 Å². The summed E-state index contributed by atoms with van der Waals surface area (Å²) >= 11 is 0. The van der Waals surface area contributed by atoms with Crippen molar-refractivity contribution >= 4 is 12.1 Å². The predicted octanol–water partition coefficient (Wildman–Crippen LogP) is 4.21. The van der Waals surface area contributed by atoms with E-state index >= 15 is 0 Å². The van der Waals surface area contributed by atoms with Gasteiger partial charge < -0.3 is 14.4 Å². The molecule has 5 nitrogen and oxygen atoms in total. The smallest absolute Gasteiger partial charge is 0.410 e. The highest BCUT2D eigenvalue weighted by molar-refractivity contribution is 5.90. The number of likely N-dealkylation sites (tertiary alicyclic amines) is 1. The Balaban J connectivity index is 2.26. The molecule has 0 aromatic heterocycles. The normalized spacial score (nSPS) is 22.3. The minimum absolute atomic E-state index is 0.0201. The van der Waals surface area contributed by atoms with Crippen molar-refractivity contribution in [2.75, 3.05) is 13.2 Å². The van der Waals surface area contributed by atoms with Crippen molar-refractivity contribution in [1.29, 1.82) is 0 Å². The highest BCUT2D eigenvalue weighted by Gasteiger charge is 2.35. The maximum Gasteiger partial charge on any atom is 0.410 e. The van der Waals surface area contributed by atoms with Gasteiger partial charge in [-0.3, -0.25) is 0 Å². The molecule has 0 spiro atoms. The third-order valence-corrected chi connectivity index (χ3v) is 4.57. The van der Waals surface area contributed by atoms with E-state index in [-0.39, 0.29) is 18.1 Å². The molecule has 1 unspecified atom stereocenters. The first-order chi connectivity index (χ1) is 11.3. The van der Waals surface area contributed by atoms with Gasteiger partial charge in [-0.15, -0.1) is 0 Å². The highest BCUT2D eigenvalue weighted by atomic mass is 16.6. The zero-order chi connectivity index (χ0) is 17.7. The maximum atomic E-state index is 12.6. The number of piperidine rings is 1. The van der Waals surface area contributed by atoms with E-state index < -0.39 is 5.60 Å². The van der Waals surface area contributed by atoms with Gasteiger partial charge in [-0.1, -0.05) is 0 Å². The number of esters is 1. The van der Waals surface area contributed by atoms with E-state index in [0.29, 0.717) is 13.2 Å². The molecule has 0 N–H and O–H groups in total. The summed E-state index contributed by atoms with van der Waals surface area (Å²) < 4.78 is 10.8. The number of carbonyl (C=O) groups excluding carboxylic acids is 2. The zero-order valence-electron chi connectivity index (χ0n) is 15.5. The first-order valence-electron chi connectivity index (χ1n) is 9.22. The largest absolute Gasteiger partial charge is 0.463 e. The first kappa shape index (κ1) is 18.8. The van der Waals surface area contributed by atoms with Gasteiger partial charge in [0.15, 0.2) is 0 Å². The fraction of sp³-hybridized carbons (Fsp3) is 0.789. The minimum Gasteiger partial charge on any atom is -0.463 e. The number of carbonyl (C=O) groups is 2. The number of ether oxygens (including phenoxy) is 2. The number of hydrogen-bond donors (Lipinski definition) is 0. The molecule has 136 valence electrons. The molecule has 5 heteroatoms. The van der Waals surface area contributed by atoms with E-state index in [4.69, 9.17) is 9.47 Å². The van der Waals surface area contributed by atoms with Crippen LogP contribution < -0.4 is 0 Å². The lowest BCUT2D eigenvalue weighted by Crippen LogP contribution is -2.47. The lowest BCUT2D eigenvalue weighted by molar-refractivity contribution is -0.138. The molecule has 0 radical (unpaired) electrons. The molecular weight excluding hydrogens is 306 g/mol. The molecular formula is C19H31NO4. The zero-order valence-corrected chi connectivity index (χ0v) is 15.5. The minimum atomic E-state index is -0.510. The van der Waals surface area contributed by atoms with Crippen LogP contribution in [0.3, 0.4) is 0 Å². The van der Waals surface area contributed by atoms with E-state index in [9.17, 15) is 9.59 Å². The Labute approximate surface area is 145 Å². The first-order valence-corrected chi connectivity index (χ1v) is 9.22. The van der Waals surface area contributed by atoms with Crippen LogP contribution in [0.4, 0.5) is 4.79 Å². The van der Waals surface area contributed by atoms with Crippen molar-refractivity contribution < 1.29 is 19.1 Å². The molecule has 2 aliphatic rings. The van der Waals surface area contributed by atoms with Crippen LogP contribution in [0.1, 0.15) is 72.6 Å².